The smallest absolute Gasteiger partial charge is 0.118 e. The Morgan fingerprint density at radius 2 is 1.90 bits per heavy atom. The first-order chi connectivity index (χ1) is 10.2. The van der Waals surface area contributed by atoms with Crippen LogP contribution in [-0.2, 0) is 26.2 Å². The van der Waals surface area contributed by atoms with E-state index >= 15 is 0 Å². The minimum Gasteiger partial charge on any atom is -0.468 e. The molecule has 1 aromatic carbocycles. The van der Waals surface area contributed by atoms with Gasteiger partial charge in [0.1, 0.15) is 5.76 Å². The maximum atomic E-state index is 5.70. The molecular formula is C18H24N2O. The average Bonchev–Trinajstić information content (AvgIpc) is 3.04. The van der Waals surface area contributed by atoms with Crippen LogP contribution in [0.5, 0.6) is 0 Å². The fraction of sp³-hybridized carbons (Fsp3) is 0.444. The van der Waals surface area contributed by atoms with Crippen molar-refractivity contribution in [3.8, 4) is 0 Å². The molecule has 2 heterocycles. The van der Waals surface area contributed by atoms with Gasteiger partial charge < -0.3 is 9.73 Å². The van der Waals surface area contributed by atoms with Gasteiger partial charge in [-0.3, -0.25) is 4.90 Å². The van der Waals surface area contributed by atoms with Gasteiger partial charge in [0, 0.05) is 25.2 Å². The van der Waals surface area contributed by atoms with Crippen molar-refractivity contribution in [1.82, 2.24) is 10.2 Å². The van der Waals surface area contributed by atoms with Crippen molar-refractivity contribution < 1.29 is 4.42 Å². The van der Waals surface area contributed by atoms with Gasteiger partial charge in [0.25, 0.3) is 0 Å². The molecule has 2 aromatic rings. The molecule has 3 nitrogen and oxygen atoms in total. The maximum Gasteiger partial charge on any atom is 0.118 e. The molecule has 1 N–H and O–H groups in total. The van der Waals surface area contributed by atoms with E-state index in [0.717, 1.165) is 38.5 Å². The molecule has 3 rings (SSSR count). The number of benzene rings is 1. The molecule has 0 radical (unpaired) electrons. The summed E-state index contributed by atoms with van der Waals surface area (Å²) in [6.07, 6.45) is 1.88. The lowest BCUT2D eigenvalue weighted by atomic mass is 10.1. The monoisotopic (exact) mass is 284 g/mol. The summed E-state index contributed by atoms with van der Waals surface area (Å²) in [5.74, 6) is 1.74. The second-order valence-corrected chi connectivity index (χ2v) is 6.36. The number of hydrogen-bond acceptors (Lipinski definition) is 3. The second-order valence-electron chi connectivity index (χ2n) is 6.36. The molecule has 112 valence electrons. The summed E-state index contributed by atoms with van der Waals surface area (Å²) >= 11 is 0. The van der Waals surface area contributed by atoms with Crippen LogP contribution in [0.2, 0.25) is 0 Å². The van der Waals surface area contributed by atoms with Crippen molar-refractivity contribution >= 4 is 0 Å². The van der Waals surface area contributed by atoms with Gasteiger partial charge in [-0.1, -0.05) is 38.1 Å². The highest BCUT2D eigenvalue weighted by Crippen LogP contribution is 2.24. The van der Waals surface area contributed by atoms with Crippen LogP contribution in [-0.4, -0.2) is 11.4 Å². The Bertz CT molecular complexity index is 563. The van der Waals surface area contributed by atoms with Crippen LogP contribution in [0.15, 0.2) is 41.0 Å². The van der Waals surface area contributed by atoms with Crippen LogP contribution in [0.4, 0.5) is 0 Å². The Morgan fingerprint density at radius 3 is 2.57 bits per heavy atom. The van der Waals surface area contributed by atoms with Crippen molar-refractivity contribution in [3.05, 3.63) is 59.0 Å². The van der Waals surface area contributed by atoms with Crippen molar-refractivity contribution in [2.45, 2.75) is 40.0 Å². The summed E-state index contributed by atoms with van der Waals surface area (Å²) in [4.78, 5) is 2.43. The SMILES string of the molecule is CC(C)CNCc1coc(CN2Cc3ccccc3C2)c1. The largest absolute Gasteiger partial charge is 0.468 e. The molecule has 0 saturated heterocycles. The number of rotatable bonds is 6. The van der Waals surface area contributed by atoms with E-state index in [9.17, 15) is 0 Å². The van der Waals surface area contributed by atoms with E-state index in [1.807, 2.05) is 6.26 Å². The normalized spacial score (nSPS) is 14.8. The van der Waals surface area contributed by atoms with Crippen molar-refractivity contribution in [1.29, 1.82) is 0 Å². The van der Waals surface area contributed by atoms with E-state index in [4.69, 9.17) is 4.42 Å². The molecule has 0 fully saturated rings. The van der Waals surface area contributed by atoms with E-state index in [1.54, 1.807) is 0 Å². The molecule has 0 aliphatic carbocycles. The summed E-state index contributed by atoms with van der Waals surface area (Å²) in [5.41, 5.74) is 4.13. The predicted octanol–water partition coefficient (Wildman–Crippen LogP) is 3.54. The predicted molar refractivity (Wildman–Crippen MR) is 84.6 cm³/mol. The maximum absolute atomic E-state index is 5.70. The minimum absolute atomic E-state index is 0.680. The first-order valence-electron chi connectivity index (χ1n) is 7.77. The Labute approximate surface area is 127 Å². The number of nitrogens with one attached hydrogen (secondary N) is 1. The number of nitrogens with zero attached hydrogens (tertiary/aromatic N) is 1. The van der Waals surface area contributed by atoms with Crippen LogP contribution in [0.3, 0.4) is 0 Å². The highest BCUT2D eigenvalue weighted by atomic mass is 16.3. The third-order valence-corrected chi connectivity index (χ3v) is 3.88. The van der Waals surface area contributed by atoms with Crippen LogP contribution in [0.25, 0.3) is 0 Å². The lowest BCUT2D eigenvalue weighted by Gasteiger charge is -2.12. The van der Waals surface area contributed by atoms with Gasteiger partial charge in [-0.2, -0.15) is 0 Å². The third-order valence-electron chi connectivity index (χ3n) is 3.88. The summed E-state index contributed by atoms with van der Waals surface area (Å²) in [7, 11) is 0. The zero-order chi connectivity index (χ0) is 14.7. The third kappa shape index (κ3) is 3.74. The van der Waals surface area contributed by atoms with E-state index in [-0.39, 0.29) is 0 Å². The molecule has 3 heteroatoms. The van der Waals surface area contributed by atoms with Gasteiger partial charge in [-0.15, -0.1) is 0 Å². The molecular weight excluding hydrogens is 260 g/mol. The van der Waals surface area contributed by atoms with Gasteiger partial charge in [0.2, 0.25) is 0 Å². The lowest BCUT2D eigenvalue weighted by molar-refractivity contribution is 0.251. The van der Waals surface area contributed by atoms with Gasteiger partial charge in [-0.25, -0.2) is 0 Å². The first kappa shape index (κ1) is 14.4. The zero-order valence-electron chi connectivity index (χ0n) is 12.9. The van der Waals surface area contributed by atoms with Crippen LogP contribution in [0.1, 0.15) is 36.3 Å². The molecule has 0 bridgehead atoms. The first-order valence-corrected chi connectivity index (χ1v) is 7.77. The van der Waals surface area contributed by atoms with E-state index < -0.39 is 0 Å². The van der Waals surface area contributed by atoms with Crippen molar-refractivity contribution in [2.24, 2.45) is 5.92 Å². The lowest BCUT2D eigenvalue weighted by Crippen LogP contribution is -2.18. The summed E-state index contributed by atoms with van der Waals surface area (Å²) < 4.78 is 5.70. The fourth-order valence-corrected chi connectivity index (χ4v) is 2.84. The average molecular weight is 284 g/mol. The highest BCUT2D eigenvalue weighted by Gasteiger charge is 2.19. The molecule has 0 spiro atoms. The summed E-state index contributed by atoms with van der Waals surface area (Å²) in [6, 6.07) is 10.9. The minimum atomic E-state index is 0.680. The molecule has 0 saturated carbocycles. The summed E-state index contributed by atoms with van der Waals surface area (Å²) in [6.45, 7) is 9.32. The highest BCUT2D eigenvalue weighted by molar-refractivity contribution is 5.30. The van der Waals surface area contributed by atoms with Crippen molar-refractivity contribution in [3.63, 3.8) is 0 Å². The Kier molecular flexibility index (Phi) is 4.42. The van der Waals surface area contributed by atoms with E-state index in [1.165, 1.54) is 16.7 Å². The van der Waals surface area contributed by atoms with Crippen LogP contribution in [0, 0.1) is 5.92 Å². The van der Waals surface area contributed by atoms with Gasteiger partial charge in [0.05, 0.1) is 12.8 Å². The topological polar surface area (TPSA) is 28.4 Å². The molecule has 21 heavy (non-hydrogen) atoms. The van der Waals surface area contributed by atoms with Gasteiger partial charge >= 0.3 is 0 Å². The van der Waals surface area contributed by atoms with Crippen molar-refractivity contribution in [2.75, 3.05) is 6.54 Å². The number of furan rings is 1. The second kappa shape index (κ2) is 6.46. The van der Waals surface area contributed by atoms with E-state index in [0.29, 0.717) is 5.92 Å². The molecule has 1 aliphatic rings. The molecule has 1 aliphatic heterocycles. The molecule has 0 amide bonds. The fourth-order valence-electron chi connectivity index (χ4n) is 2.84. The molecule has 0 atom stereocenters. The van der Waals surface area contributed by atoms with Crippen LogP contribution >= 0.6 is 0 Å². The van der Waals surface area contributed by atoms with Gasteiger partial charge in [0.15, 0.2) is 0 Å². The quantitative estimate of drug-likeness (QED) is 0.879. The Balaban J connectivity index is 1.52. The summed E-state index contributed by atoms with van der Waals surface area (Å²) in [5, 5.41) is 3.45. The number of hydrogen-bond donors (Lipinski definition) is 1. The standard InChI is InChI=1S/C18H24N2O/c1-14(2)8-19-9-15-7-18(21-13-15)12-20-10-16-5-3-4-6-17(16)11-20/h3-7,13-14,19H,8-12H2,1-2H3. The molecule has 0 unspecified atom stereocenters. The van der Waals surface area contributed by atoms with E-state index in [2.05, 4.69) is 54.4 Å². The zero-order valence-corrected chi connectivity index (χ0v) is 12.9. The van der Waals surface area contributed by atoms with Gasteiger partial charge in [-0.05, 0) is 29.7 Å². The van der Waals surface area contributed by atoms with Crippen LogP contribution < -0.4 is 5.32 Å². The Morgan fingerprint density at radius 1 is 1.19 bits per heavy atom. The molecule has 1 aromatic heterocycles. The number of fused-ring (bicyclic) bond motifs is 1. The Hall–Kier alpha value is -1.58.